The summed E-state index contributed by atoms with van der Waals surface area (Å²) in [6.07, 6.45) is 3.70. The van der Waals surface area contributed by atoms with Gasteiger partial charge in [-0.25, -0.2) is 4.98 Å². The zero-order chi connectivity index (χ0) is 28.0. The molecule has 1 saturated carbocycles. The third kappa shape index (κ3) is 6.47. The average Bonchev–Trinajstić information content (AvgIpc) is 2.95. The highest BCUT2D eigenvalue weighted by molar-refractivity contribution is 6.09. The molecule has 0 saturated heterocycles. The van der Waals surface area contributed by atoms with Crippen molar-refractivity contribution in [2.24, 2.45) is 0 Å². The number of nitrogens with one attached hydrogen (secondary N) is 1. The zero-order valence-electron chi connectivity index (χ0n) is 21.6. The van der Waals surface area contributed by atoms with Crippen LogP contribution in [0.1, 0.15) is 59.8 Å². The largest absolute Gasteiger partial charge is 0.493 e. The van der Waals surface area contributed by atoms with E-state index in [1.807, 2.05) is 0 Å². The highest BCUT2D eigenvalue weighted by Gasteiger charge is 2.37. The van der Waals surface area contributed by atoms with Gasteiger partial charge in [0.25, 0.3) is 5.91 Å². The fourth-order valence-electron chi connectivity index (χ4n) is 4.72. The van der Waals surface area contributed by atoms with Crippen LogP contribution in [0.3, 0.4) is 0 Å². The van der Waals surface area contributed by atoms with Gasteiger partial charge >= 0.3 is 6.18 Å². The number of anilines is 1. The minimum absolute atomic E-state index is 0.121. The number of rotatable bonds is 8. The Morgan fingerprint density at radius 1 is 1.00 bits per heavy atom. The summed E-state index contributed by atoms with van der Waals surface area (Å²) >= 11 is 0. The van der Waals surface area contributed by atoms with E-state index < -0.39 is 29.6 Å². The maximum Gasteiger partial charge on any atom is 0.416 e. The molecule has 206 valence electrons. The summed E-state index contributed by atoms with van der Waals surface area (Å²) in [5.41, 5.74) is -0.906. The number of nitrogens with zero attached hydrogens (tertiary/aromatic N) is 3. The van der Waals surface area contributed by atoms with E-state index in [0.29, 0.717) is 17.1 Å². The van der Waals surface area contributed by atoms with Crippen LogP contribution in [0.4, 0.5) is 18.9 Å². The number of hydrogen-bond donors (Lipinski definition) is 1. The number of methoxy groups -OCH3 is 2. The Hall–Kier alpha value is -4.15. The molecule has 1 aliphatic carbocycles. The lowest BCUT2D eigenvalue weighted by atomic mass is 9.94. The molecule has 11 heteroatoms. The highest BCUT2D eigenvalue weighted by Crippen LogP contribution is 2.38. The normalized spacial score (nSPS) is 14.8. The van der Waals surface area contributed by atoms with E-state index in [1.165, 1.54) is 51.0 Å². The fraction of sp³-hybridized carbons (Fsp3) is 0.357. The molecule has 2 aromatic carbocycles. The quantitative estimate of drug-likeness (QED) is 0.413. The Bertz CT molecular complexity index is 1300. The van der Waals surface area contributed by atoms with Gasteiger partial charge in [-0.1, -0.05) is 31.4 Å². The van der Waals surface area contributed by atoms with Crippen LogP contribution in [-0.4, -0.2) is 42.0 Å². The number of halogens is 3. The summed E-state index contributed by atoms with van der Waals surface area (Å²) in [6.45, 7) is 0. The Balaban J connectivity index is 1.89. The fourth-order valence-corrected chi connectivity index (χ4v) is 4.72. The second-order valence-electron chi connectivity index (χ2n) is 9.17. The summed E-state index contributed by atoms with van der Waals surface area (Å²) in [5.74, 6) is -0.648. The van der Waals surface area contributed by atoms with Crippen molar-refractivity contribution in [3.05, 3.63) is 77.9 Å². The summed E-state index contributed by atoms with van der Waals surface area (Å²) in [7, 11) is 2.88. The zero-order valence-corrected chi connectivity index (χ0v) is 21.6. The average molecular weight is 543 g/mol. The van der Waals surface area contributed by atoms with E-state index in [0.717, 1.165) is 49.1 Å². The minimum Gasteiger partial charge on any atom is -0.493 e. The first-order valence-corrected chi connectivity index (χ1v) is 12.5. The van der Waals surface area contributed by atoms with Crippen LogP contribution in [0, 0.1) is 0 Å². The predicted octanol–water partition coefficient (Wildman–Crippen LogP) is 5.35. The van der Waals surface area contributed by atoms with Crippen molar-refractivity contribution in [2.45, 2.75) is 50.4 Å². The number of ether oxygens (including phenoxy) is 2. The van der Waals surface area contributed by atoms with Gasteiger partial charge in [-0.3, -0.25) is 19.5 Å². The molecule has 1 atom stereocenters. The molecule has 0 aliphatic heterocycles. The van der Waals surface area contributed by atoms with Gasteiger partial charge in [0.15, 0.2) is 11.5 Å². The number of carbonyl (C=O) groups is 2. The predicted molar refractivity (Wildman–Crippen MR) is 138 cm³/mol. The number of alkyl halides is 3. The van der Waals surface area contributed by atoms with Crippen LogP contribution in [-0.2, 0) is 11.0 Å². The SMILES string of the molecule is COc1ccc(C(C(=O)NC2CCCCC2)N(C(=O)c2cnccn2)c2cccc(C(F)(F)F)c2)cc1OC. The molecule has 8 nitrogen and oxygen atoms in total. The second-order valence-corrected chi connectivity index (χ2v) is 9.17. The Labute approximate surface area is 224 Å². The van der Waals surface area contributed by atoms with Crippen molar-refractivity contribution >= 4 is 17.5 Å². The number of amides is 2. The molecule has 1 fully saturated rings. The summed E-state index contributed by atoms with van der Waals surface area (Å²) < 4.78 is 51.8. The standard InChI is InChI=1S/C28H29F3N4O4/c1-38-23-12-11-18(15-24(23)39-2)25(26(36)34-20-8-4-3-5-9-20)35(27(37)22-17-32-13-14-33-22)21-10-6-7-19(16-21)28(29,30)31/h6-7,10-17,20,25H,3-5,8-9H2,1-2H3,(H,34,36). The topological polar surface area (TPSA) is 93.7 Å². The van der Waals surface area contributed by atoms with Gasteiger partial charge in [-0.2, -0.15) is 13.2 Å². The van der Waals surface area contributed by atoms with Gasteiger partial charge in [0, 0.05) is 24.1 Å². The Morgan fingerprint density at radius 3 is 2.38 bits per heavy atom. The Morgan fingerprint density at radius 2 is 1.74 bits per heavy atom. The van der Waals surface area contributed by atoms with E-state index in [4.69, 9.17) is 9.47 Å². The van der Waals surface area contributed by atoms with Gasteiger partial charge in [0.1, 0.15) is 11.7 Å². The van der Waals surface area contributed by atoms with Crippen molar-refractivity contribution in [3.8, 4) is 11.5 Å². The molecule has 4 rings (SSSR count). The number of hydrogen-bond acceptors (Lipinski definition) is 6. The maximum absolute atomic E-state index is 14.0. The first-order valence-electron chi connectivity index (χ1n) is 12.5. The van der Waals surface area contributed by atoms with Crippen LogP contribution >= 0.6 is 0 Å². The lowest BCUT2D eigenvalue weighted by Gasteiger charge is -2.33. The molecule has 3 aromatic rings. The molecular formula is C28H29F3N4O4. The van der Waals surface area contributed by atoms with Gasteiger partial charge in [0.05, 0.1) is 26.0 Å². The molecule has 0 bridgehead atoms. The number of aromatic nitrogens is 2. The van der Waals surface area contributed by atoms with Crippen molar-refractivity contribution in [2.75, 3.05) is 19.1 Å². The second kappa shape index (κ2) is 12.1. The highest BCUT2D eigenvalue weighted by atomic mass is 19.4. The van der Waals surface area contributed by atoms with Crippen molar-refractivity contribution in [1.29, 1.82) is 0 Å². The molecule has 0 spiro atoms. The molecule has 1 N–H and O–H groups in total. The van der Waals surface area contributed by atoms with Crippen LogP contribution < -0.4 is 19.7 Å². The molecule has 1 aromatic heterocycles. The first kappa shape index (κ1) is 27.9. The van der Waals surface area contributed by atoms with E-state index in [9.17, 15) is 22.8 Å². The van der Waals surface area contributed by atoms with E-state index >= 15 is 0 Å². The maximum atomic E-state index is 14.0. The van der Waals surface area contributed by atoms with Crippen LogP contribution in [0.5, 0.6) is 11.5 Å². The van der Waals surface area contributed by atoms with E-state index in [-0.39, 0.29) is 17.4 Å². The molecule has 1 aliphatic rings. The molecule has 39 heavy (non-hydrogen) atoms. The molecule has 1 unspecified atom stereocenters. The van der Waals surface area contributed by atoms with Gasteiger partial charge < -0.3 is 14.8 Å². The lowest BCUT2D eigenvalue weighted by Crippen LogP contribution is -2.47. The number of benzene rings is 2. The van der Waals surface area contributed by atoms with E-state index in [1.54, 1.807) is 12.1 Å². The van der Waals surface area contributed by atoms with Gasteiger partial charge in [-0.05, 0) is 48.7 Å². The van der Waals surface area contributed by atoms with Crippen LogP contribution in [0.2, 0.25) is 0 Å². The monoisotopic (exact) mass is 542 g/mol. The van der Waals surface area contributed by atoms with Crippen molar-refractivity contribution < 1.29 is 32.2 Å². The third-order valence-corrected chi connectivity index (χ3v) is 6.63. The minimum atomic E-state index is -4.67. The third-order valence-electron chi connectivity index (χ3n) is 6.63. The molecule has 2 amide bonds. The first-order chi connectivity index (χ1) is 18.7. The summed E-state index contributed by atoms with van der Waals surface area (Å²) in [4.78, 5) is 36.9. The molecule has 1 heterocycles. The Kier molecular flexibility index (Phi) is 8.68. The molecular weight excluding hydrogens is 513 g/mol. The lowest BCUT2D eigenvalue weighted by molar-refractivity contribution is -0.137. The molecule has 0 radical (unpaired) electrons. The van der Waals surface area contributed by atoms with Gasteiger partial charge in [-0.15, -0.1) is 0 Å². The summed E-state index contributed by atoms with van der Waals surface area (Å²) in [5, 5.41) is 3.02. The number of carbonyl (C=O) groups excluding carboxylic acids is 2. The van der Waals surface area contributed by atoms with Crippen molar-refractivity contribution in [1.82, 2.24) is 15.3 Å². The van der Waals surface area contributed by atoms with Gasteiger partial charge in [0.2, 0.25) is 5.91 Å². The van der Waals surface area contributed by atoms with Crippen molar-refractivity contribution in [3.63, 3.8) is 0 Å². The van der Waals surface area contributed by atoms with E-state index in [2.05, 4.69) is 15.3 Å². The smallest absolute Gasteiger partial charge is 0.416 e. The van der Waals surface area contributed by atoms with Crippen LogP contribution in [0.15, 0.2) is 61.1 Å². The van der Waals surface area contributed by atoms with Crippen LogP contribution in [0.25, 0.3) is 0 Å². The summed E-state index contributed by atoms with van der Waals surface area (Å²) in [6, 6.07) is 7.51.